The van der Waals surface area contributed by atoms with Crippen LogP contribution in [0.4, 0.5) is 5.69 Å². The van der Waals surface area contributed by atoms with Crippen LogP contribution < -0.4 is 10.4 Å². The second kappa shape index (κ2) is 3.42. The average Bonchev–Trinajstić information content (AvgIpc) is 2.45. The van der Waals surface area contributed by atoms with E-state index in [0.29, 0.717) is 5.69 Å². The van der Waals surface area contributed by atoms with Crippen molar-refractivity contribution in [3.63, 3.8) is 0 Å². The number of hydrazine groups is 1. The van der Waals surface area contributed by atoms with E-state index in [0.717, 1.165) is 4.47 Å². The van der Waals surface area contributed by atoms with E-state index in [1.54, 1.807) is 18.2 Å². The van der Waals surface area contributed by atoms with Gasteiger partial charge in [0.1, 0.15) is 6.42 Å². The van der Waals surface area contributed by atoms with Gasteiger partial charge < -0.3 is 0 Å². The second-order valence-corrected chi connectivity index (χ2v) is 3.84. The molecule has 0 aliphatic carbocycles. The first-order valence-corrected chi connectivity index (χ1v) is 4.84. The van der Waals surface area contributed by atoms with Crippen molar-refractivity contribution in [2.24, 2.45) is 0 Å². The lowest BCUT2D eigenvalue weighted by molar-refractivity contribution is -0.122. The van der Waals surface area contributed by atoms with E-state index in [9.17, 15) is 9.59 Å². The molecule has 1 aliphatic rings. The van der Waals surface area contributed by atoms with Gasteiger partial charge in [-0.2, -0.15) is 0 Å². The monoisotopic (exact) mass is 254 g/mol. The molecular formula is C9H7BrN2O2. The highest BCUT2D eigenvalue weighted by Gasteiger charge is 2.27. The van der Waals surface area contributed by atoms with Gasteiger partial charge in [-0.05, 0) is 18.2 Å². The second-order valence-electron chi connectivity index (χ2n) is 2.92. The van der Waals surface area contributed by atoms with E-state index in [2.05, 4.69) is 21.4 Å². The van der Waals surface area contributed by atoms with E-state index in [-0.39, 0.29) is 18.2 Å². The van der Waals surface area contributed by atoms with Gasteiger partial charge in [-0.15, -0.1) is 0 Å². The van der Waals surface area contributed by atoms with Crippen molar-refractivity contribution in [3.8, 4) is 0 Å². The quantitative estimate of drug-likeness (QED) is 0.767. The Bertz CT molecular complexity index is 406. The number of hydrogen-bond donors (Lipinski definition) is 1. The topological polar surface area (TPSA) is 49.4 Å². The molecule has 1 aromatic carbocycles. The third kappa shape index (κ3) is 1.63. The minimum absolute atomic E-state index is 0.0769. The van der Waals surface area contributed by atoms with E-state index in [1.807, 2.05) is 6.07 Å². The lowest BCUT2D eigenvalue weighted by Gasteiger charge is -2.14. The SMILES string of the molecule is O=C1CC(=O)N(c2cccc(Br)c2)N1. The fourth-order valence-corrected chi connectivity index (χ4v) is 1.65. The Kier molecular flexibility index (Phi) is 2.25. The third-order valence-electron chi connectivity index (χ3n) is 1.86. The number of anilines is 1. The van der Waals surface area contributed by atoms with Crippen molar-refractivity contribution in [3.05, 3.63) is 28.7 Å². The van der Waals surface area contributed by atoms with Crippen LogP contribution in [-0.2, 0) is 9.59 Å². The Labute approximate surface area is 89.0 Å². The van der Waals surface area contributed by atoms with Crippen LogP contribution in [0.2, 0.25) is 0 Å². The highest BCUT2D eigenvalue weighted by Crippen LogP contribution is 2.21. The third-order valence-corrected chi connectivity index (χ3v) is 2.36. The Balaban J connectivity index is 2.31. The Morgan fingerprint density at radius 3 is 2.71 bits per heavy atom. The predicted octanol–water partition coefficient (Wildman–Crippen LogP) is 1.22. The molecule has 2 rings (SSSR count). The summed E-state index contributed by atoms with van der Waals surface area (Å²) in [6.45, 7) is 0. The summed E-state index contributed by atoms with van der Waals surface area (Å²) in [6.07, 6.45) is -0.0769. The largest absolute Gasteiger partial charge is 0.273 e. The molecule has 0 saturated carbocycles. The van der Waals surface area contributed by atoms with Crippen molar-refractivity contribution in [2.75, 3.05) is 5.01 Å². The molecule has 0 spiro atoms. The Hall–Kier alpha value is -1.36. The van der Waals surface area contributed by atoms with E-state index >= 15 is 0 Å². The molecule has 0 atom stereocenters. The summed E-state index contributed by atoms with van der Waals surface area (Å²) in [6, 6.07) is 7.18. The van der Waals surface area contributed by atoms with E-state index < -0.39 is 0 Å². The summed E-state index contributed by atoms with van der Waals surface area (Å²) < 4.78 is 0.865. The summed E-state index contributed by atoms with van der Waals surface area (Å²) in [4.78, 5) is 22.3. The van der Waals surface area contributed by atoms with Crippen LogP contribution in [-0.4, -0.2) is 11.8 Å². The number of rotatable bonds is 1. The van der Waals surface area contributed by atoms with E-state index in [4.69, 9.17) is 0 Å². The molecule has 5 heteroatoms. The molecule has 0 aromatic heterocycles. The Morgan fingerprint density at radius 1 is 1.36 bits per heavy atom. The van der Waals surface area contributed by atoms with Gasteiger partial charge in [-0.25, -0.2) is 5.01 Å². The number of benzene rings is 1. The van der Waals surface area contributed by atoms with Crippen molar-refractivity contribution in [2.45, 2.75) is 6.42 Å². The van der Waals surface area contributed by atoms with Gasteiger partial charge in [0.2, 0.25) is 5.91 Å². The van der Waals surface area contributed by atoms with Crippen LogP contribution in [0.5, 0.6) is 0 Å². The van der Waals surface area contributed by atoms with Gasteiger partial charge in [0.15, 0.2) is 0 Å². The maximum absolute atomic E-state index is 11.3. The summed E-state index contributed by atoms with van der Waals surface area (Å²) in [5, 5.41) is 1.26. The van der Waals surface area contributed by atoms with Crippen molar-refractivity contribution in [1.82, 2.24) is 5.43 Å². The zero-order valence-corrected chi connectivity index (χ0v) is 8.74. The van der Waals surface area contributed by atoms with Crippen LogP contribution in [0.15, 0.2) is 28.7 Å². The molecule has 1 aromatic rings. The van der Waals surface area contributed by atoms with Gasteiger partial charge >= 0.3 is 0 Å². The van der Waals surface area contributed by atoms with Crippen molar-refractivity contribution < 1.29 is 9.59 Å². The first-order chi connectivity index (χ1) is 6.66. The smallest absolute Gasteiger partial charge is 0.255 e. The van der Waals surface area contributed by atoms with Gasteiger partial charge in [-0.1, -0.05) is 22.0 Å². The maximum Gasteiger partial charge on any atom is 0.255 e. The zero-order valence-electron chi connectivity index (χ0n) is 7.16. The Morgan fingerprint density at radius 2 is 2.14 bits per heavy atom. The molecule has 1 saturated heterocycles. The number of carbonyl (C=O) groups excluding carboxylic acids is 2. The predicted molar refractivity (Wildman–Crippen MR) is 54.4 cm³/mol. The summed E-state index contributed by atoms with van der Waals surface area (Å²) in [5.41, 5.74) is 3.13. The number of nitrogens with zero attached hydrogens (tertiary/aromatic N) is 1. The van der Waals surface area contributed by atoms with Gasteiger partial charge in [-0.3, -0.25) is 15.0 Å². The normalized spacial score (nSPS) is 15.9. The summed E-state index contributed by atoms with van der Waals surface area (Å²) in [5.74, 6) is -0.497. The number of amides is 2. The molecule has 72 valence electrons. The lowest BCUT2D eigenvalue weighted by Crippen LogP contribution is -2.35. The number of carbonyl (C=O) groups is 2. The van der Waals surface area contributed by atoms with Gasteiger partial charge in [0, 0.05) is 4.47 Å². The van der Waals surface area contributed by atoms with Crippen molar-refractivity contribution >= 4 is 33.4 Å². The fourth-order valence-electron chi connectivity index (χ4n) is 1.27. The molecule has 14 heavy (non-hydrogen) atoms. The minimum atomic E-state index is -0.269. The number of halogens is 1. The fraction of sp³-hybridized carbons (Fsp3) is 0.111. The minimum Gasteiger partial charge on any atom is -0.273 e. The van der Waals surface area contributed by atoms with Gasteiger partial charge in [0.05, 0.1) is 5.69 Å². The molecule has 1 N–H and O–H groups in total. The van der Waals surface area contributed by atoms with Crippen LogP contribution in [0.3, 0.4) is 0 Å². The molecule has 1 fully saturated rings. The standard InChI is InChI=1S/C9H7BrN2O2/c10-6-2-1-3-7(4-6)12-9(14)5-8(13)11-12/h1-4H,5H2,(H,11,13). The molecular weight excluding hydrogens is 248 g/mol. The maximum atomic E-state index is 11.3. The van der Waals surface area contributed by atoms with Crippen LogP contribution >= 0.6 is 15.9 Å². The molecule has 4 nitrogen and oxygen atoms in total. The highest BCUT2D eigenvalue weighted by molar-refractivity contribution is 9.10. The zero-order chi connectivity index (χ0) is 10.1. The van der Waals surface area contributed by atoms with E-state index in [1.165, 1.54) is 5.01 Å². The summed E-state index contributed by atoms with van der Waals surface area (Å²) >= 11 is 3.29. The van der Waals surface area contributed by atoms with Crippen LogP contribution in [0.1, 0.15) is 6.42 Å². The first kappa shape index (κ1) is 9.21. The molecule has 1 heterocycles. The lowest BCUT2D eigenvalue weighted by atomic mass is 10.3. The molecule has 0 bridgehead atoms. The van der Waals surface area contributed by atoms with Crippen molar-refractivity contribution in [1.29, 1.82) is 0 Å². The van der Waals surface area contributed by atoms with Gasteiger partial charge in [0.25, 0.3) is 5.91 Å². The first-order valence-electron chi connectivity index (χ1n) is 4.05. The molecule has 1 aliphatic heterocycles. The molecule has 2 amide bonds. The van der Waals surface area contributed by atoms with Crippen LogP contribution in [0, 0.1) is 0 Å². The summed E-state index contributed by atoms with van der Waals surface area (Å²) in [7, 11) is 0. The molecule has 0 radical (unpaired) electrons. The molecule has 0 unspecified atom stereocenters. The average molecular weight is 255 g/mol. The number of nitrogens with one attached hydrogen (secondary N) is 1. The number of hydrogen-bond acceptors (Lipinski definition) is 2. The highest BCUT2D eigenvalue weighted by atomic mass is 79.9. The van der Waals surface area contributed by atoms with Crippen LogP contribution in [0.25, 0.3) is 0 Å².